The normalized spacial score (nSPS) is 29.4. The van der Waals surface area contributed by atoms with Gasteiger partial charge in [-0.2, -0.15) is 10.1 Å². The van der Waals surface area contributed by atoms with Gasteiger partial charge >= 0.3 is 23.9 Å². The summed E-state index contributed by atoms with van der Waals surface area (Å²) in [6.07, 6.45) is 18.1. The van der Waals surface area contributed by atoms with Gasteiger partial charge in [-0.05, 0) is 92.2 Å². The van der Waals surface area contributed by atoms with Crippen LogP contribution in [0.4, 0.5) is 0 Å². The van der Waals surface area contributed by atoms with Gasteiger partial charge in [0.2, 0.25) is 0 Å². The Bertz CT molecular complexity index is 1710. The highest BCUT2D eigenvalue weighted by atomic mass is 16.7. The van der Waals surface area contributed by atoms with Crippen LogP contribution in [-0.2, 0) is 47.8 Å². The predicted octanol–water partition coefficient (Wildman–Crippen LogP) is 13.4. The third kappa shape index (κ3) is 19.0. The summed E-state index contributed by atoms with van der Waals surface area (Å²) in [6, 6.07) is 19.8. The van der Waals surface area contributed by atoms with Gasteiger partial charge in [-0.25, -0.2) is 0 Å². The zero-order valence-electron chi connectivity index (χ0n) is 44.4. The number of carbonyl (C=O) groups is 4. The lowest BCUT2D eigenvalue weighted by Gasteiger charge is -2.54. The van der Waals surface area contributed by atoms with Crippen LogP contribution in [0.5, 0.6) is 0 Å². The Morgan fingerprint density at radius 1 is 0.371 bits per heavy atom. The minimum atomic E-state index is -0.492. The van der Waals surface area contributed by atoms with Crippen molar-refractivity contribution in [3.05, 3.63) is 71.8 Å². The molecule has 6 aliphatic rings. The molecule has 6 heterocycles. The summed E-state index contributed by atoms with van der Waals surface area (Å²) in [7, 11) is 0. The van der Waals surface area contributed by atoms with Crippen LogP contribution in [-0.4, -0.2) is 81.6 Å². The Morgan fingerprint density at radius 3 is 0.914 bits per heavy atom. The number of carbonyl (C=O) groups excluding carboxylic acids is 4. The first-order chi connectivity index (χ1) is 33.3. The van der Waals surface area contributed by atoms with Gasteiger partial charge in [0, 0.05) is 73.5 Å². The van der Waals surface area contributed by atoms with Gasteiger partial charge in [-0.1, -0.05) is 138 Å². The first-order valence-corrected chi connectivity index (χ1v) is 27.1. The van der Waals surface area contributed by atoms with Crippen molar-refractivity contribution in [1.82, 2.24) is 10.1 Å². The monoisotopic (exact) mass is 975 g/mol. The summed E-state index contributed by atoms with van der Waals surface area (Å²) in [4.78, 5) is 65.9. The maximum absolute atomic E-state index is 13.1. The fraction of sp³-hybridized carbons (Fsp3) is 0.724. The second kappa shape index (κ2) is 27.8. The van der Waals surface area contributed by atoms with Crippen molar-refractivity contribution in [2.75, 3.05) is 13.2 Å². The maximum Gasteiger partial charge on any atom is 0.306 e. The van der Waals surface area contributed by atoms with Crippen LogP contribution in [0.1, 0.15) is 233 Å². The lowest BCUT2D eigenvalue weighted by Crippen LogP contribution is -2.62. The first-order valence-electron chi connectivity index (χ1n) is 27.1. The minimum Gasteiger partial charge on any atom is -0.462 e. The molecule has 0 radical (unpaired) electrons. The molecule has 2 aromatic carbocycles. The van der Waals surface area contributed by atoms with E-state index in [1.54, 1.807) is 0 Å². The van der Waals surface area contributed by atoms with Crippen LogP contribution in [0.25, 0.3) is 0 Å². The lowest BCUT2D eigenvalue weighted by molar-refractivity contribution is -0.321. The van der Waals surface area contributed by atoms with Crippen LogP contribution < -0.4 is 0 Å². The third-order valence-corrected chi connectivity index (χ3v) is 14.3. The van der Waals surface area contributed by atoms with Gasteiger partial charge < -0.3 is 18.9 Å². The Balaban J connectivity index is 1.15. The quantitative estimate of drug-likeness (QED) is 0.210. The van der Waals surface area contributed by atoms with Gasteiger partial charge in [-0.3, -0.25) is 28.9 Å². The zero-order chi connectivity index (χ0) is 50.6. The molecule has 70 heavy (non-hydrogen) atoms. The van der Waals surface area contributed by atoms with Gasteiger partial charge in [0.15, 0.2) is 0 Å². The number of esters is 4. The molecule has 0 spiro atoms. The number of benzene rings is 2. The van der Waals surface area contributed by atoms with Crippen molar-refractivity contribution in [1.29, 1.82) is 0 Å². The Labute approximate surface area is 421 Å². The molecule has 12 nitrogen and oxygen atoms in total. The lowest BCUT2D eigenvalue weighted by atomic mass is 9.80. The Hall–Kier alpha value is -3.84. The van der Waals surface area contributed by atoms with Crippen molar-refractivity contribution < 1.29 is 47.8 Å². The van der Waals surface area contributed by atoms with E-state index in [0.717, 1.165) is 114 Å². The number of hydrogen-bond acceptors (Lipinski definition) is 12. The van der Waals surface area contributed by atoms with Crippen LogP contribution in [0.2, 0.25) is 0 Å². The minimum absolute atomic E-state index is 0.105. The van der Waals surface area contributed by atoms with Gasteiger partial charge in [-0.15, -0.1) is 0 Å². The number of hydroxylamine groups is 4. The summed E-state index contributed by atoms with van der Waals surface area (Å²) in [5.41, 5.74) is 0.0142. The van der Waals surface area contributed by atoms with E-state index >= 15 is 0 Å². The average molecular weight is 975 g/mol. The predicted molar refractivity (Wildman–Crippen MR) is 273 cm³/mol. The molecule has 0 aromatic heterocycles. The second-order valence-electron chi connectivity index (χ2n) is 22.9. The van der Waals surface area contributed by atoms with Crippen molar-refractivity contribution in [3.8, 4) is 0 Å². The number of nitrogens with zero attached hydrogens (tertiary/aromatic N) is 2. The Morgan fingerprint density at radius 2 is 0.629 bits per heavy atom. The summed E-state index contributed by atoms with van der Waals surface area (Å²) in [5, 5.41) is 4.07. The number of ether oxygens (including phenoxy) is 4. The molecule has 8 rings (SSSR count). The van der Waals surface area contributed by atoms with Gasteiger partial charge in [0.25, 0.3) is 0 Å². The smallest absolute Gasteiger partial charge is 0.306 e. The molecule has 4 bridgehead atoms. The molecule has 2 atom stereocenters. The Kier molecular flexibility index (Phi) is 22.7. The van der Waals surface area contributed by atoms with E-state index in [-0.39, 0.29) is 49.3 Å². The molecule has 0 amide bonds. The molecular weight excluding hydrogens is 885 g/mol. The summed E-state index contributed by atoms with van der Waals surface area (Å²) in [6.45, 7) is 17.2. The SMILES string of the molecule is CC1(C)CC2CC(C)(C)N1OC(c1ccccc1)COC(=O)CCCCCCCCCCC(=O)OC1CC(C)(C)N(OC(c3ccccc3)COC(=O)CCCCCCCCCCC(=O)O2)C(C)(C)C1. The number of rotatable bonds is 2. The molecule has 2 aromatic rings. The summed E-state index contributed by atoms with van der Waals surface area (Å²) >= 11 is 0. The summed E-state index contributed by atoms with van der Waals surface area (Å²) < 4.78 is 24.0. The largest absolute Gasteiger partial charge is 0.462 e. The van der Waals surface area contributed by atoms with Gasteiger partial charge in [0.1, 0.15) is 37.6 Å². The topological polar surface area (TPSA) is 130 Å². The van der Waals surface area contributed by atoms with E-state index < -0.39 is 34.4 Å². The maximum atomic E-state index is 13.1. The second-order valence-corrected chi connectivity index (χ2v) is 22.9. The van der Waals surface area contributed by atoms with Crippen molar-refractivity contribution in [3.63, 3.8) is 0 Å². The molecule has 0 N–H and O–H groups in total. The molecule has 0 aliphatic carbocycles. The molecule has 6 saturated heterocycles. The van der Waals surface area contributed by atoms with E-state index in [9.17, 15) is 19.2 Å². The molecule has 0 saturated carbocycles. The highest BCUT2D eigenvalue weighted by Gasteiger charge is 2.50. The molecule has 2 unspecified atom stereocenters. The fourth-order valence-electron chi connectivity index (χ4n) is 11.2. The highest BCUT2D eigenvalue weighted by molar-refractivity contribution is 5.70. The number of hydrogen-bond donors (Lipinski definition) is 0. The summed E-state index contributed by atoms with van der Waals surface area (Å²) in [5.74, 6) is -0.734. The van der Waals surface area contributed by atoms with Crippen LogP contribution in [0.3, 0.4) is 0 Å². The van der Waals surface area contributed by atoms with E-state index in [1.807, 2.05) is 70.8 Å². The zero-order valence-corrected chi connectivity index (χ0v) is 44.4. The van der Waals surface area contributed by atoms with E-state index in [2.05, 4.69) is 55.4 Å². The van der Waals surface area contributed by atoms with Crippen molar-refractivity contribution in [2.24, 2.45) is 0 Å². The average Bonchev–Trinajstić information content (AvgIpc) is 3.28. The first kappa shape index (κ1) is 57.1. The van der Waals surface area contributed by atoms with E-state index in [0.29, 0.717) is 51.4 Å². The van der Waals surface area contributed by atoms with E-state index in [4.69, 9.17) is 28.6 Å². The molecule has 6 aliphatic heterocycles. The van der Waals surface area contributed by atoms with Crippen LogP contribution in [0, 0.1) is 0 Å². The highest BCUT2D eigenvalue weighted by Crippen LogP contribution is 2.44. The standard InChI is InChI=1S/C58H90N2O10/c1-55(2)39-47-40-56(3,4)59(55)69-49(45-31-23-21-24-32-45)43-65-51(61)35-27-17-13-10-12-16-20-30-38-54(64)68-48-41-57(5,6)60(58(7,8)42-48)70-50(46-33-25-22-26-34-46)44-66-52(62)36-28-18-14-9-11-15-19-29-37-53(63)67-47/h21-26,31-34,47-50H,9-20,27-30,35-44H2,1-8H3. The van der Waals surface area contributed by atoms with Crippen LogP contribution >= 0.6 is 0 Å². The molecular formula is C58H90N2O10. The van der Waals surface area contributed by atoms with Crippen LogP contribution in [0.15, 0.2) is 60.7 Å². The van der Waals surface area contributed by atoms with E-state index in [1.165, 1.54) is 0 Å². The fourth-order valence-corrected chi connectivity index (χ4v) is 11.2. The molecule has 6 fully saturated rings. The van der Waals surface area contributed by atoms with Crippen molar-refractivity contribution >= 4 is 23.9 Å². The van der Waals surface area contributed by atoms with Gasteiger partial charge in [0.05, 0.1) is 0 Å². The van der Waals surface area contributed by atoms with Crippen molar-refractivity contribution in [2.45, 2.75) is 256 Å². The molecule has 392 valence electrons. The molecule has 12 heteroatoms. The third-order valence-electron chi connectivity index (χ3n) is 14.3. The number of piperidine rings is 2.